The Kier molecular flexibility index (Phi) is 5.44. The molecule has 1 aromatic rings. The van der Waals surface area contributed by atoms with Gasteiger partial charge >= 0.3 is 0 Å². The Morgan fingerprint density at radius 3 is 2.55 bits per heavy atom. The van der Waals surface area contributed by atoms with Crippen LogP contribution < -0.4 is 10.6 Å². The van der Waals surface area contributed by atoms with E-state index in [1.165, 1.54) is 30.4 Å². The summed E-state index contributed by atoms with van der Waals surface area (Å²) in [6.07, 6.45) is 6.94. The molecular weight excluding hydrogens is 272 g/mol. The lowest BCUT2D eigenvalue weighted by Crippen LogP contribution is -2.50. The van der Waals surface area contributed by atoms with Crippen molar-refractivity contribution in [2.75, 3.05) is 0 Å². The lowest BCUT2D eigenvalue weighted by Gasteiger charge is -2.29. The fourth-order valence-electron chi connectivity index (χ4n) is 3.19. The molecule has 1 aliphatic carbocycles. The molecule has 0 radical (unpaired) electrons. The van der Waals surface area contributed by atoms with Gasteiger partial charge in [0.15, 0.2) is 0 Å². The Bertz CT molecular complexity index is 458. The molecule has 0 unspecified atom stereocenters. The summed E-state index contributed by atoms with van der Waals surface area (Å²) in [5, 5.41) is 6.57. The molecule has 20 heavy (non-hydrogen) atoms. The molecule has 0 bridgehead atoms. The van der Waals surface area contributed by atoms with Gasteiger partial charge in [-0.1, -0.05) is 43.5 Å². The first-order valence-electron chi connectivity index (χ1n) is 7.43. The van der Waals surface area contributed by atoms with Crippen molar-refractivity contribution in [2.24, 2.45) is 0 Å². The number of carbonyl (C=O) groups excluding carboxylic acids is 1. The van der Waals surface area contributed by atoms with Gasteiger partial charge in [0.2, 0.25) is 5.91 Å². The van der Waals surface area contributed by atoms with Crippen LogP contribution in [0.5, 0.6) is 0 Å². The average molecular weight is 295 g/mol. The van der Waals surface area contributed by atoms with Crippen LogP contribution in [0.4, 0.5) is 0 Å². The second-order valence-electron chi connectivity index (χ2n) is 5.75. The van der Waals surface area contributed by atoms with Gasteiger partial charge < -0.3 is 10.6 Å². The zero-order chi connectivity index (χ0) is 13.1. The van der Waals surface area contributed by atoms with E-state index in [4.69, 9.17) is 0 Å². The third-order valence-electron chi connectivity index (χ3n) is 4.35. The summed E-state index contributed by atoms with van der Waals surface area (Å²) in [7, 11) is 0. The number of hydrogen-bond donors (Lipinski definition) is 2. The van der Waals surface area contributed by atoms with E-state index in [9.17, 15) is 4.79 Å². The molecular formula is C16H23ClN2O. The Labute approximate surface area is 126 Å². The van der Waals surface area contributed by atoms with Crippen molar-refractivity contribution in [1.82, 2.24) is 10.6 Å². The van der Waals surface area contributed by atoms with E-state index in [0.29, 0.717) is 6.04 Å². The minimum absolute atomic E-state index is 0. The topological polar surface area (TPSA) is 41.1 Å². The number of halogens is 1. The number of amides is 1. The lowest BCUT2D eigenvalue weighted by atomic mass is 9.93. The third kappa shape index (κ3) is 3.53. The summed E-state index contributed by atoms with van der Waals surface area (Å²) >= 11 is 0. The number of hydrogen-bond acceptors (Lipinski definition) is 2. The molecule has 0 saturated heterocycles. The molecule has 3 rings (SSSR count). The van der Waals surface area contributed by atoms with Crippen LogP contribution in [0.3, 0.4) is 0 Å². The summed E-state index contributed by atoms with van der Waals surface area (Å²) in [6, 6.07) is 8.73. The molecule has 4 heteroatoms. The normalized spacial score (nSPS) is 22.5. The Hall–Kier alpha value is -1.06. The van der Waals surface area contributed by atoms with Crippen LogP contribution >= 0.6 is 12.4 Å². The molecule has 0 aromatic heterocycles. The molecule has 1 atom stereocenters. The van der Waals surface area contributed by atoms with E-state index in [1.54, 1.807) is 0 Å². The second kappa shape index (κ2) is 7.09. The van der Waals surface area contributed by atoms with Crippen LogP contribution in [0.1, 0.15) is 43.2 Å². The summed E-state index contributed by atoms with van der Waals surface area (Å²) in [5.74, 6) is 0.182. The zero-order valence-electron chi connectivity index (χ0n) is 11.7. The number of benzene rings is 1. The number of carbonyl (C=O) groups is 1. The van der Waals surface area contributed by atoms with Gasteiger partial charge in [0.25, 0.3) is 0 Å². The van der Waals surface area contributed by atoms with E-state index in [1.807, 2.05) is 0 Å². The highest BCUT2D eigenvalue weighted by Gasteiger charge is 2.25. The van der Waals surface area contributed by atoms with Gasteiger partial charge in [-0.3, -0.25) is 4.79 Å². The summed E-state index contributed by atoms with van der Waals surface area (Å²) in [5.41, 5.74) is 2.63. The van der Waals surface area contributed by atoms with Gasteiger partial charge in [0.05, 0.1) is 6.04 Å². The first kappa shape index (κ1) is 15.3. The summed E-state index contributed by atoms with van der Waals surface area (Å²) in [4.78, 5) is 12.3. The molecule has 1 amide bonds. The average Bonchev–Trinajstić information content (AvgIpc) is 2.48. The highest BCUT2D eigenvalue weighted by molar-refractivity contribution is 5.85. The largest absolute Gasteiger partial charge is 0.352 e. The molecule has 0 spiro atoms. The highest BCUT2D eigenvalue weighted by Crippen LogP contribution is 2.19. The van der Waals surface area contributed by atoms with Gasteiger partial charge in [-0.25, -0.2) is 0 Å². The van der Waals surface area contributed by atoms with E-state index in [-0.39, 0.29) is 24.4 Å². The number of fused-ring (bicyclic) bond motifs is 1. The Morgan fingerprint density at radius 2 is 1.80 bits per heavy atom. The standard InChI is InChI=1S/C16H22N2O.ClH/c19-16(18-14-8-2-1-3-9-14)15-10-12-6-4-5-7-13(12)11-17-15;/h4-7,14-15,17H,1-3,8-11H2,(H,18,19);1H/t15-;/m0./s1. The van der Waals surface area contributed by atoms with Crippen molar-refractivity contribution in [1.29, 1.82) is 0 Å². The van der Waals surface area contributed by atoms with Crippen molar-refractivity contribution in [2.45, 2.75) is 57.2 Å². The van der Waals surface area contributed by atoms with Gasteiger partial charge in [0, 0.05) is 12.6 Å². The zero-order valence-corrected chi connectivity index (χ0v) is 12.5. The first-order valence-corrected chi connectivity index (χ1v) is 7.43. The van der Waals surface area contributed by atoms with Crippen molar-refractivity contribution in [3.63, 3.8) is 0 Å². The van der Waals surface area contributed by atoms with Crippen LogP contribution in [-0.4, -0.2) is 18.0 Å². The van der Waals surface area contributed by atoms with Gasteiger partial charge in [-0.05, 0) is 30.4 Å². The van der Waals surface area contributed by atoms with E-state index >= 15 is 0 Å². The fourth-order valence-corrected chi connectivity index (χ4v) is 3.19. The highest BCUT2D eigenvalue weighted by atomic mass is 35.5. The molecule has 1 heterocycles. The summed E-state index contributed by atoms with van der Waals surface area (Å²) in [6.45, 7) is 0.804. The van der Waals surface area contributed by atoms with Crippen molar-refractivity contribution < 1.29 is 4.79 Å². The maximum atomic E-state index is 12.3. The maximum Gasteiger partial charge on any atom is 0.237 e. The summed E-state index contributed by atoms with van der Waals surface area (Å²) < 4.78 is 0. The van der Waals surface area contributed by atoms with E-state index in [2.05, 4.69) is 34.9 Å². The van der Waals surface area contributed by atoms with E-state index in [0.717, 1.165) is 25.8 Å². The van der Waals surface area contributed by atoms with Crippen molar-refractivity contribution in [3.05, 3.63) is 35.4 Å². The maximum absolute atomic E-state index is 12.3. The Balaban J connectivity index is 0.00000147. The fraction of sp³-hybridized carbons (Fsp3) is 0.562. The predicted octanol–water partition coefficient (Wildman–Crippen LogP) is 2.57. The molecule has 2 aliphatic rings. The number of rotatable bonds is 2. The molecule has 2 N–H and O–H groups in total. The smallest absolute Gasteiger partial charge is 0.237 e. The molecule has 110 valence electrons. The molecule has 3 nitrogen and oxygen atoms in total. The van der Waals surface area contributed by atoms with Crippen LogP contribution in [-0.2, 0) is 17.8 Å². The molecule has 1 fully saturated rings. The van der Waals surface area contributed by atoms with Gasteiger partial charge in [0.1, 0.15) is 0 Å². The van der Waals surface area contributed by atoms with Crippen LogP contribution in [0.2, 0.25) is 0 Å². The molecule has 1 aliphatic heterocycles. The lowest BCUT2D eigenvalue weighted by molar-refractivity contribution is -0.124. The van der Waals surface area contributed by atoms with Crippen LogP contribution in [0.15, 0.2) is 24.3 Å². The SMILES string of the molecule is Cl.O=C(NC1CCCCC1)[C@@H]1Cc2ccccc2CN1. The van der Waals surface area contributed by atoms with Crippen molar-refractivity contribution >= 4 is 18.3 Å². The molecule has 1 saturated carbocycles. The van der Waals surface area contributed by atoms with E-state index < -0.39 is 0 Å². The second-order valence-corrected chi connectivity index (χ2v) is 5.75. The predicted molar refractivity (Wildman–Crippen MR) is 83.0 cm³/mol. The molecule has 1 aromatic carbocycles. The quantitative estimate of drug-likeness (QED) is 0.880. The van der Waals surface area contributed by atoms with Crippen LogP contribution in [0, 0.1) is 0 Å². The first-order chi connectivity index (χ1) is 9.33. The van der Waals surface area contributed by atoms with Crippen LogP contribution in [0.25, 0.3) is 0 Å². The monoisotopic (exact) mass is 294 g/mol. The van der Waals surface area contributed by atoms with Gasteiger partial charge in [-0.2, -0.15) is 0 Å². The minimum atomic E-state index is -0.0585. The minimum Gasteiger partial charge on any atom is -0.352 e. The Morgan fingerprint density at radius 1 is 1.10 bits per heavy atom. The third-order valence-corrected chi connectivity index (χ3v) is 4.35. The van der Waals surface area contributed by atoms with Crippen molar-refractivity contribution in [3.8, 4) is 0 Å². The number of nitrogens with one attached hydrogen (secondary N) is 2. The van der Waals surface area contributed by atoms with Gasteiger partial charge in [-0.15, -0.1) is 12.4 Å².